The molecule has 0 radical (unpaired) electrons. The van der Waals surface area contributed by atoms with E-state index < -0.39 is 21.6 Å². The van der Waals surface area contributed by atoms with Crippen LogP contribution in [0.2, 0.25) is 5.02 Å². The molecule has 0 amide bonds. The fraction of sp³-hybridized carbons (Fsp3) is 0.333. The summed E-state index contributed by atoms with van der Waals surface area (Å²) < 4.78 is 36.5. The number of fused-ring (bicyclic) bond motifs is 1. The average molecular weight is 426 g/mol. The maximum atomic E-state index is 12.7. The largest absolute Gasteiger partial charge is 0.493 e. The van der Waals surface area contributed by atoms with Crippen LogP contribution in [-0.2, 0) is 9.84 Å². The summed E-state index contributed by atoms with van der Waals surface area (Å²) in [5.74, 6) is 0.687. The van der Waals surface area contributed by atoms with Crippen molar-refractivity contribution in [2.45, 2.75) is 13.0 Å². The predicted octanol–water partition coefficient (Wildman–Crippen LogP) is 2.42. The van der Waals surface area contributed by atoms with E-state index >= 15 is 0 Å². The van der Waals surface area contributed by atoms with E-state index in [0.29, 0.717) is 39.9 Å². The highest BCUT2D eigenvalue weighted by Gasteiger charge is 2.25. The van der Waals surface area contributed by atoms with Crippen molar-refractivity contribution in [2.75, 3.05) is 25.7 Å². The van der Waals surface area contributed by atoms with Crippen LogP contribution in [0, 0.1) is 0 Å². The molecule has 0 aliphatic rings. The average Bonchev–Trinajstić information content (AvgIpc) is 2.94. The van der Waals surface area contributed by atoms with Gasteiger partial charge in [0.15, 0.2) is 17.1 Å². The van der Waals surface area contributed by atoms with E-state index in [1.807, 2.05) is 6.92 Å². The Morgan fingerprint density at radius 3 is 2.68 bits per heavy atom. The molecule has 28 heavy (non-hydrogen) atoms. The highest BCUT2D eigenvalue weighted by atomic mass is 35.5. The van der Waals surface area contributed by atoms with E-state index in [9.17, 15) is 13.2 Å². The minimum absolute atomic E-state index is 0.290. The Morgan fingerprint density at radius 1 is 1.29 bits per heavy atom. The fourth-order valence-corrected chi connectivity index (χ4v) is 4.13. The molecular formula is C18H20ClN3O5S. The number of imidazole rings is 1. The maximum absolute atomic E-state index is 12.7. The van der Waals surface area contributed by atoms with Gasteiger partial charge in [-0.25, -0.2) is 18.2 Å². The van der Waals surface area contributed by atoms with E-state index in [1.54, 1.807) is 24.3 Å². The number of hydrogen-bond acceptors (Lipinski definition) is 6. The van der Waals surface area contributed by atoms with Crippen LogP contribution in [0.3, 0.4) is 0 Å². The number of nitrogens with zero attached hydrogens (tertiary/aromatic N) is 2. The lowest BCUT2D eigenvalue weighted by Gasteiger charge is -2.20. The smallest absolute Gasteiger partial charge is 0.328 e. The van der Waals surface area contributed by atoms with E-state index in [-0.39, 0.29) is 5.75 Å². The molecule has 1 aromatic carbocycles. The first-order chi connectivity index (χ1) is 13.2. The normalized spacial score (nSPS) is 12.9. The van der Waals surface area contributed by atoms with Crippen LogP contribution >= 0.6 is 11.6 Å². The number of hydrogen-bond donors (Lipinski definition) is 1. The number of halogens is 1. The van der Waals surface area contributed by atoms with Crippen molar-refractivity contribution in [1.29, 1.82) is 0 Å². The Kier molecular flexibility index (Phi) is 5.66. The zero-order valence-electron chi connectivity index (χ0n) is 15.6. The standard InChI is InChI=1S/C18H20ClN3O5S/c1-4-27-16-7-11(5-6-15(16)26-2)14(10-28(3,24)25)22-17-13(21-18(22)23)8-12(19)9-20-17/h5-9,14H,4,10H2,1-3H3,(H,21,23)/t14-/m1/s1. The summed E-state index contributed by atoms with van der Waals surface area (Å²) in [6.45, 7) is 2.24. The summed E-state index contributed by atoms with van der Waals surface area (Å²) in [6, 6.07) is 5.83. The minimum Gasteiger partial charge on any atom is -0.493 e. The number of rotatable bonds is 7. The minimum atomic E-state index is -3.43. The van der Waals surface area contributed by atoms with Crippen LogP contribution in [0.4, 0.5) is 0 Å². The highest BCUT2D eigenvalue weighted by molar-refractivity contribution is 7.90. The maximum Gasteiger partial charge on any atom is 0.328 e. The predicted molar refractivity (Wildman–Crippen MR) is 107 cm³/mol. The third-order valence-electron chi connectivity index (χ3n) is 4.17. The van der Waals surface area contributed by atoms with E-state index in [0.717, 1.165) is 6.26 Å². The Bertz CT molecular complexity index is 1170. The van der Waals surface area contributed by atoms with Gasteiger partial charge in [-0.3, -0.25) is 4.57 Å². The van der Waals surface area contributed by atoms with Gasteiger partial charge in [0.2, 0.25) is 0 Å². The van der Waals surface area contributed by atoms with Crippen LogP contribution in [0.25, 0.3) is 11.2 Å². The highest BCUT2D eigenvalue weighted by Crippen LogP contribution is 2.32. The zero-order chi connectivity index (χ0) is 20.5. The SMILES string of the molecule is CCOc1cc([C@@H](CS(C)(=O)=O)n2c(=O)[nH]c3cc(Cl)cnc32)ccc1OC. The molecule has 1 N–H and O–H groups in total. The van der Waals surface area contributed by atoms with Gasteiger partial charge in [0, 0.05) is 12.5 Å². The number of ether oxygens (including phenoxy) is 2. The third kappa shape index (κ3) is 4.15. The summed E-state index contributed by atoms with van der Waals surface area (Å²) in [5, 5.41) is 0.364. The molecule has 0 aliphatic heterocycles. The number of nitrogens with one attached hydrogen (secondary N) is 1. The number of methoxy groups -OCH3 is 1. The Balaban J connectivity index is 2.23. The molecular weight excluding hydrogens is 406 g/mol. The van der Waals surface area contributed by atoms with Crippen molar-refractivity contribution < 1.29 is 17.9 Å². The Morgan fingerprint density at radius 2 is 2.04 bits per heavy atom. The van der Waals surface area contributed by atoms with Crippen LogP contribution < -0.4 is 15.2 Å². The molecule has 10 heteroatoms. The van der Waals surface area contributed by atoms with Gasteiger partial charge in [-0.05, 0) is 30.7 Å². The molecule has 0 saturated heterocycles. The number of pyridine rings is 1. The molecule has 2 aromatic heterocycles. The molecule has 8 nitrogen and oxygen atoms in total. The summed E-state index contributed by atoms with van der Waals surface area (Å²) in [4.78, 5) is 19.6. The number of sulfone groups is 1. The van der Waals surface area contributed by atoms with Gasteiger partial charge in [0.25, 0.3) is 0 Å². The third-order valence-corrected chi connectivity index (χ3v) is 5.29. The van der Waals surface area contributed by atoms with Crippen molar-refractivity contribution in [3.8, 4) is 11.5 Å². The van der Waals surface area contributed by atoms with Gasteiger partial charge in [-0.1, -0.05) is 17.7 Å². The molecule has 1 atom stereocenters. The molecule has 0 fully saturated rings. The van der Waals surface area contributed by atoms with Crippen LogP contribution in [0.5, 0.6) is 11.5 Å². The van der Waals surface area contributed by atoms with Gasteiger partial charge < -0.3 is 14.5 Å². The number of benzene rings is 1. The van der Waals surface area contributed by atoms with E-state index in [2.05, 4.69) is 9.97 Å². The van der Waals surface area contributed by atoms with Gasteiger partial charge in [0.1, 0.15) is 9.84 Å². The molecule has 0 spiro atoms. The summed E-state index contributed by atoms with van der Waals surface area (Å²) in [6.07, 6.45) is 2.53. The first kappa shape index (κ1) is 20.2. The fourth-order valence-electron chi connectivity index (χ4n) is 3.05. The lowest BCUT2D eigenvalue weighted by atomic mass is 10.1. The number of aromatic amines is 1. The second-order valence-electron chi connectivity index (χ2n) is 6.28. The number of aromatic nitrogens is 3. The Labute approximate surface area is 167 Å². The van der Waals surface area contributed by atoms with Crippen LogP contribution in [0.15, 0.2) is 35.3 Å². The monoisotopic (exact) mass is 425 g/mol. The lowest BCUT2D eigenvalue weighted by Crippen LogP contribution is -2.28. The van der Waals surface area contributed by atoms with Crippen LogP contribution in [0.1, 0.15) is 18.5 Å². The Hall–Kier alpha value is -2.52. The first-order valence-electron chi connectivity index (χ1n) is 8.47. The van der Waals surface area contributed by atoms with Crippen molar-refractivity contribution in [1.82, 2.24) is 14.5 Å². The topological polar surface area (TPSA) is 103 Å². The van der Waals surface area contributed by atoms with Crippen LogP contribution in [-0.4, -0.2) is 48.7 Å². The molecule has 0 saturated carbocycles. The van der Waals surface area contributed by atoms with Crippen molar-refractivity contribution in [3.05, 3.63) is 51.5 Å². The molecule has 0 unspecified atom stereocenters. The molecule has 150 valence electrons. The molecule has 3 rings (SSSR count). The molecule has 2 heterocycles. The van der Waals surface area contributed by atoms with Gasteiger partial charge >= 0.3 is 5.69 Å². The molecule has 0 aliphatic carbocycles. The summed E-state index contributed by atoms with van der Waals surface area (Å²) in [7, 11) is -1.91. The van der Waals surface area contributed by atoms with Gasteiger partial charge in [0.05, 0.1) is 36.1 Å². The number of H-pyrrole nitrogens is 1. The quantitative estimate of drug-likeness (QED) is 0.623. The zero-order valence-corrected chi connectivity index (χ0v) is 17.2. The van der Waals surface area contributed by atoms with Crippen molar-refractivity contribution in [3.63, 3.8) is 0 Å². The van der Waals surface area contributed by atoms with Gasteiger partial charge in [-0.2, -0.15) is 0 Å². The second kappa shape index (κ2) is 7.84. The second-order valence-corrected chi connectivity index (χ2v) is 8.90. The van der Waals surface area contributed by atoms with Crippen molar-refractivity contribution >= 4 is 32.6 Å². The summed E-state index contributed by atoms with van der Waals surface area (Å²) in [5.41, 5.74) is 0.841. The molecule has 0 bridgehead atoms. The molecule has 3 aromatic rings. The van der Waals surface area contributed by atoms with E-state index in [4.69, 9.17) is 21.1 Å². The summed E-state index contributed by atoms with van der Waals surface area (Å²) >= 11 is 5.95. The lowest BCUT2D eigenvalue weighted by molar-refractivity contribution is 0.310. The van der Waals surface area contributed by atoms with Gasteiger partial charge in [-0.15, -0.1) is 0 Å². The van der Waals surface area contributed by atoms with Crippen molar-refractivity contribution in [2.24, 2.45) is 0 Å². The first-order valence-corrected chi connectivity index (χ1v) is 10.9. The van der Waals surface area contributed by atoms with E-state index in [1.165, 1.54) is 17.9 Å².